The number of halogens is 2. The maximum Gasteiger partial charge on any atom is 0.307 e. The second-order valence-electron chi connectivity index (χ2n) is 3.65. The van der Waals surface area contributed by atoms with E-state index >= 15 is 0 Å². The molecule has 112 valence electrons. The molecule has 0 aliphatic rings. The zero-order chi connectivity index (χ0) is 15.1. The van der Waals surface area contributed by atoms with Crippen molar-refractivity contribution < 1.29 is 28.8 Å². The lowest BCUT2D eigenvalue weighted by Crippen LogP contribution is -2.07. The Bertz CT molecular complexity index is 445. The normalized spacial score (nSPS) is 10.4. The largest absolute Gasteiger partial charge is 0.481 e. The summed E-state index contributed by atoms with van der Waals surface area (Å²) in [6, 6.07) is 1.62. The van der Waals surface area contributed by atoms with Gasteiger partial charge in [-0.05, 0) is 37.4 Å². The third-order valence-corrected chi connectivity index (χ3v) is 3.96. The fourth-order valence-corrected chi connectivity index (χ4v) is 2.80. The highest BCUT2D eigenvalue weighted by atomic mass is 79.9. The SMILES string of the molecule is COCOc1cc(OCOC)c(Br)c(CC(=O)O)c1Br. The average Bonchev–Trinajstić information content (AvgIpc) is 2.41. The minimum atomic E-state index is -0.965. The van der Waals surface area contributed by atoms with E-state index in [1.54, 1.807) is 6.07 Å². The van der Waals surface area contributed by atoms with Crippen LogP contribution in [0.4, 0.5) is 0 Å². The first-order chi connectivity index (χ1) is 9.51. The van der Waals surface area contributed by atoms with Gasteiger partial charge in [0.15, 0.2) is 13.6 Å². The van der Waals surface area contributed by atoms with Crippen molar-refractivity contribution in [1.82, 2.24) is 0 Å². The van der Waals surface area contributed by atoms with Gasteiger partial charge in [-0.2, -0.15) is 0 Å². The minimum absolute atomic E-state index is 0.0382. The first kappa shape index (κ1) is 17.2. The topological polar surface area (TPSA) is 74.2 Å². The van der Waals surface area contributed by atoms with Gasteiger partial charge in [-0.3, -0.25) is 4.79 Å². The summed E-state index contributed by atoms with van der Waals surface area (Å²) in [5.41, 5.74) is 0.511. The summed E-state index contributed by atoms with van der Waals surface area (Å²) in [4.78, 5) is 11.0. The molecule has 1 aromatic rings. The van der Waals surface area contributed by atoms with Gasteiger partial charge in [0.25, 0.3) is 0 Å². The number of carboxylic acids is 1. The average molecular weight is 414 g/mol. The van der Waals surface area contributed by atoms with E-state index in [0.29, 0.717) is 26.0 Å². The van der Waals surface area contributed by atoms with Gasteiger partial charge in [0.1, 0.15) is 11.5 Å². The van der Waals surface area contributed by atoms with Gasteiger partial charge in [0.05, 0.1) is 15.4 Å². The van der Waals surface area contributed by atoms with E-state index in [9.17, 15) is 4.79 Å². The lowest BCUT2D eigenvalue weighted by atomic mass is 10.1. The highest BCUT2D eigenvalue weighted by Gasteiger charge is 2.19. The Labute approximate surface area is 133 Å². The zero-order valence-electron chi connectivity index (χ0n) is 10.9. The molecule has 8 heteroatoms. The van der Waals surface area contributed by atoms with E-state index in [2.05, 4.69) is 31.9 Å². The Kier molecular flexibility index (Phi) is 7.28. The standard InChI is InChI=1S/C12H14Br2O6/c1-17-5-19-8-4-9(20-6-18-2)12(14)7(11(8)13)3-10(15)16/h4H,3,5-6H2,1-2H3,(H,15,16). The van der Waals surface area contributed by atoms with Crippen molar-refractivity contribution in [3.63, 3.8) is 0 Å². The van der Waals surface area contributed by atoms with Crippen molar-refractivity contribution in [3.05, 3.63) is 20.6 Å². The van der Waals surface area contributed by atoms with Crippen molar-refractivity contribution in [3.8, 4) is 11.5 Å². The van der Waals surface area contributed by atoms with E-state index < -0.39 is 5.97 Å². The zero-order valence-corrected chi connectivity index (χ0v) is 14.1. The van der Waals surface area contributed by atoms with Crippen LogP contribution in [0.3, 0.4) is 0 Å². The van der Waals surface area contributed by atoms with Crippen LogP contribution >= 0.6 is 31.9 Å². The molecule has 20 heavy (non-hydrogen) atoms. The van der Waals surface area contributed by atoms with Gasteiger partial charge in [-0.1, -0.05) is 0 Å². The molecule has 1 aromatic carbocycles. The summed E-state index contributed by atoms with van der Waals surface area (Å²) in [5, 5.41) is 8.98. The van der Waals surface area contributed by atoms with Gasteiger partial charge in [0.2, 0.25) is 0 Å². The van der Waals surface area contributed by atoms with Crippen molar-refractivity contribution >= 4 is 37.8 Å². The van der Waals surface area contributed by atoms with Crippen LogP contribution < -0.4 is 9.47 Å². The van der Waals surface area contributed by atoms with Gasteiger partial charge < -0.3 is 24.1 Å². The van der Waals surface area contributed by atoms with Crippen LogP contribution in [-0.2, 0) is 20.7 Å². The Balaban J connectivity index is 3.20. The summed E-state index contributed by atoms with van der Waals surface area (Å²) in [6.45, 7) is 0.0763. The van der Waals surface area contributed by atoms with Crippen LogP contribution in [-0.4, -0.2) is 38.9 Å². The number of hydrogen-bond donors (Lipinski definition) is 1. The molecule has 0 amide bonds. The van der Waals surface area contributed by atoms with Gasteiger partial charge in [-0.25, -0.2) is 0 Å². The van der Waals surface area contributed by atoms with E-state index in [1.165, 1.54) is 14.2 Å². The van der Waals surface area contributed by atoms with Crippen LogP contribution in [0, 0.1) is 0 Å². The number of aliphatic carboxylic acids is 1. The molecule has 0 saturated carbocycles. The lowest BCUT2D eigenvalue weighted by Gasteiger charge is -2.16. The molecule has 0 aliphatic heterocycles. The molecule has 0 unspecified atom stereocenters. The van der Waals surface area contributed by atoms with E-state index in [0.717, 1.165) is 0 Å². The third kappa shape index (κ3) is 4.62. The highest BCUT2D eigenvalue weighted by molar-refractivity contribution is 9.11. The molecule has 1 N–H and O–H groups in total. The van der Waals surface area contributed by atoms with Gasteiger partial charge in [0, 0.05) is 20.3 Å². The summed E-state index contributed by atoms with van der Waals surface area (Å²) in [7, 11) is 2.99. The Morgan fingerprint density at radius 2 is 1.55 bits per heavy atom. The highest BCUT2D eigenvalue weighted by Crippen LogP contribution is 2.41. The predicted octanol–water partition coefficient (Wildman–Crippen LogP) is 2.80. The number of methoxy groups -OCH3 is 2. The van der Waals surface area contributed by atoms with Gasteiger partial charge in [-0.15, -0.1) is 0 Å². The number of carboxylic acid groups (broad SMARTS) is 1. The Morgan fingerprint density at radius 3 is 1.90 bits per heavy atom. The Morgan fingerprint density at radius 1 is 1.10 bits per heavy atom. The lowest BCUT2D eigenvalue weighted by molar-refractivity contribution is -0.136. The van der Waals surface area contributed by atoms with Crippen molar-refractivity contribution in [2.75, 3.05) is 27.8 Å². The molecule has 0 saturated heterocycles. The van der Waals surface area contributed by atoms with Crippen molar-refractivity contribution in [2.24, 2.45) is 0 Å². The van der Waals surface area contributed by atoms with Crippen LogP contribution in [0.15, 0.2) is 15.0 Å². The molecule has 0 aliphatic carbocycles. The number of rotatable bonds is 8. The minimum Gasteiger partial charge on any atom is -0.481 e. The maximum atomic E-state index is 11.0. The fraction of sp³-hybridized carbons (Fsp3) is 0.417. The smallest absolute Gasteiger partial charge is 0.307 e. The van der Waals surface area contributed by atoms with Gasteiger partial charge >= 0.3 is 5.97 Å². The summed E-state index contributed by atoms with van der Waals surface area (Å²) >= 11 is 6.66. The molecule has 0 atom stereocenters. The molecular formula is C12H14Br2O6. The summed E-state index contributed by atoms with van der Waals surface area (Å²) in [6.07, 6.45) is -0.186. The second kappa shape index (κ2) is 8.46. The molecule has 1 rings (SSSR count). The first-order valence-corrected chi connectivity index (χ1v) is 7.06. The first-order valence-electron chi connectivity index (χ1n) is 5.47. The number of benzene rings is 1. The molecule has 0 radical (unpaired) electrons. The molecule has 0 spiro atoms. The van der Waals surface area contributed by atoms with Crippen LogP contribution in [0.25, 0.3) is 0 Å². The quantitative estimate of drug-likeness (QED) is 0.660. The molecule has 0 aromatic heterocycles. The van der Waals surface area contributed by atoms with Crippen LogP contribution in [0.1, 0.15) is 5.56 Å². The summed E-state index contributed by atoms with van der Waals surface area (Å²) in [5.74, 6) is -0.109. The van der Waals surface area contributed by atoms with E-state index in [4.69, 9.17) is 24.1 Å². The molecule has 6 nitrogen and oxygen atoms in total. The fourth-order valence-electron chi connectivity index (χ4n) is 1.40. The molecular weight excluding hydrogens is 400 g/mol. The number of ether oxygens (including phenoxy) is 4. The Hall–Kier alpha value is -0.830. The van der Waals surface area contributed by atoms with Crippen molar-refractivity contribution in [2.45, 2.75) is 6.42 Å². The monoisotopic (exact) mass is 412 g/mol. The summed E-state index contributed by atoms with van der Waals surface area (Å²) < 4.78 is 21.5. The maximum absolute atomic E-state index is 11.0. The number of hydrogen-bond acceptors (Lipinski definition) is 5. The predicted molar refractivity (Wildman–Crippen MR) is 78.2 cm³/mol. The molecule has 0 fully saturated rings. The number of carbonyl (C=O) groups is 1. The van der Waals surface area contributed by atoms with Crippen LogP contribution in [0.5, 0.6) is 11.5 Å². The third-order valence-electron chi connectivity index (χ3n) is 2.22. The van der Waals surface area contributed by atoms with Crippen molar-refractivity contribution in [1.29, 1.82) is 0 Å². The molecule has 0 heterocycles. The molecule has 0 bridgehead atoms. The van der Waals surface area contributed by atoms with Crippen LogP contribution in [0.2, 0.25) is 0 Å². The van der Waals surface area contributed by atoms with E-state index in [1.807, 2.05) is 0 Å². The second-order valence-corrected chi connectivity index (χ2v) is 5.24. The van der Waals surface area contributed by atoms with E-state index in [-0.39, 0.29) is 20.0 Å².